The van der Waals surface area contributed by atoms with Gasteiger partial charge >= 0.3 is 0 Å². The Morgan fingerprint density at radius 3 is 2.00 bits per heavy atom. The van der Waals surface area contributed by atoms with E-state index < -0.39 is 0 Å². The third kappa shape index (κ3) is 1.86. The monoisotopic (exact) mass is 230 g/mol. The van der Waals surface area contributed by atoms with E-state index in [4.69, 9.17) is 0 Å². The molecule has 4 aliphatic carbocycles. The van der Waals surface area contributed by atoms with E-state index in [-0.39, 0.29) is 0 Å². The van der Waals surface area contributed by atoms with E-state index in [1.165, 1.54) is 32.1 Å². The van der Waals surface area contributed by atoms with Crippen LogP contribution in [0.1, 0.15) is 32.1 Å². The first kappa shape index (κ1) is 11.1. The first-order valence-corrected chi connectivity index (χ1v) is 6.95. The molecule has 0 unspecified atom stereocenters. The van der Waals surface area contributed by atoms with Gasteiger partial charge < -0.3 is 4.90 Å². The van der Waals surface area contributed by atoms with Crippen molar-refractivity contribution in [3.05, 3.63) is 11.8 Å². The lowest BCUT2D eigenvalue weighted by atomic mass is 9.50. The van der Waals surface area contributed by atoms with Crippen LogP contribution in [0.5, 0.6) is 0 Å². The maximum Gasteiger partial charge on any atom is 0.0965 e. The lowest BCUT2D eigenvalue weighted by Gasteiger charge is -2.54. The van der Waals surface area contributed by atoms with Gasteiger partial charge in [-0.15, -0.1) is 0 Å². The van der Waals surface area contributed by atoms with Gasteiger partial charge in [0, 0.05) is 31.8 Å². The summed E-state index contributed by atoms with van der Waals surface area (Å²) in [4.78, 5) is 2.03. The molecule has 4 rings (SSSR count). The molecule has 0 atom stereocenters. The van der Waals surface area contributed by atoms with E-state index in [0.29, 0.717) is 5.92 Å². The quantitative estimate of drug-likeness (QED) is 0.682. The highest BCUT2D eigenvalue weighted by atomic mass is 15.0. The van der Waals surface area contributed by atoms with Gasteiger partial charge in [-0.25, -0.2) is 0 Å². The van der Waals surface area contributed by atoms with Crippen LogP contribution < -0.4 is 0 Å². The summed E-state index contributed by atoms with van der Waals surface area (Å²) < 4.78 is 0. The molecule has 0 N–H and O–H groups in total. The van der Waals surface area contributed by atoms with Crippen molar-refractivity contribution in [2.75, 3.05) is 14.1 Å². The Labute approximate surface area is 104 Å². The van der Waals surface area contributed by atoms with E-state index in [1.807, 2.05) is 19.0 Å². The molecule has 92 valence electrons. The molecule has 4 fully saturated rings. The first-order chi connectivity index (χ1) is 8.17. The van der Waals surface area contributed by atoms with Crippen molar-refractivity contribution in [2.24, 2.45) is 29.6 Å². The molecule has 0 aromatic rings. The zero-order chi connectivity index (χ0) is 12.0. The molecular formula is C15H22N2. The van der Waals surface area contributed by atoms with E-state index in [0.717, 1.165) is 29.2 Å². The summed E-state index contributed by atoms with van der Waals surface area (Å²) in [6, 6.07) is 2.48. The highest BCUT2D eigenvalue weighted by Crippen LogP contribution is 2.58. The van der Waals surface area contributed by atoms with Gasteiger partial charge in [0.25, 0.3) is 0 Å². The lowest BCUT2D eigenvalue weighted by Crippen LogP contribution is -2.45. The summed E-state index contributed by atoms with van der Waals surface area (Å²) in [7, 11) is 4.04. The number of nitrogens with zero attached hydrogens (tertiary/aromatic N) is 2. The molecule has 4 aliphatic rings. The van der Waals surface area contributed by atoms with E-state index in [1.54, 1.807) is 0 Å². The molecule has 4 bridgehead atoms. The number of rotatable bonds is 2. The van der Waals surface area contributed by atoms with Gasteiger partial charge in [-0.3, -0.25) is 0 Å². The molecule has 17 heavy (non-hydrogen) atoms. The molecular weight excluding hydrogens is 208 g/mol. The summed E-state index contributed by atoms with van der Waals surface area (Å²) in [5.41, 5.74) is 1.05. The Morgan fingerprint density at radius 1 is 1.06 bits per heavy atom. The molecule has 0 heterocycles. The molecule has 0 aromatic carbocycles. The Hall–Kier alpha value is -0.970. The standard InChI is InChI=1S/C15H22N2/c1-17(2)9-14(8-16)15-12-4-10-3-11(6-12)7-13(15)5-10/h9-13,15H,3-7H2,1-2H3/b14-9+. The van der Waals surface area contributed by atoms with Crippen LogP contribution in [-0.2, 0) is 0 Å². The fourth-order valence-corrected chi connectivity index (χ4v) is 4.90. The average Bonchev–Trinajstić information content (AvgIpc) is 2.25. The molecule has 0 aliphatic heterocycles. The predicted molar refractivity (Wildman–Crippen MR) is 67.9 cm³/mol. The molecule has 2 nitrogen and oxygen atoms in total. The molecule has 0 spiro atoms. The van der Waals surface area contributed by atoms with Gasteiger partial charge in [-0.2, -0.15) is 5.26 Å². The smallest absolute Gasteiger partial charge is 0.0965 e. The zero-order valence-electron chi connectivity index (χ0n) is 10.9. The van der Waals surface area contributed by atoms with Crippen molar-refractivity contribution in [1.82, 2.24) is 4.90 Å². The van der Waals surface area contributed by atoms with Crippen LogP contribution in [0, 0.1) is 40.9 Å². The van der Waals surface area contributed by atoms with Gasteiger partial charge in [0.05, 0.1) is 6.07 Å². The van der Waals surface area contributed by atoms with Gasteiger partial charge in [0.15, 0.2) is 0 Å². The third-order valence-electron chi connectivity index (χ3n) is 5.11. The molecule has 2 heteroatoms. The fraction of sp³-hybridized carbons (Fsp3) is 0.800. The first-order valence-electron chi connectivity index (χ1n) is 6.95. The van der Waals surface area contributed by atoms with E-state index in [9.17, 15) is 5.26 Å². The second kappa shape index (κ2) is 4.05. The highest BCUT2D eigenvalue weighted by molar-refractivity contribution is 5.27. The summed E-state index contributed by atoms with van der Waals surface area (Å²) in [6.45, 7) is 0. The highest BCUT2D eigenvalue weighted by Gasteiger charge is 2.49. The van der Waals surface area contributed by atoms with Gasteiger partial charge in [-0.1, -0.05) is 0 Å². The SMILES string of the molecule is CN(C)/C=C(\C#N)C1C2CC3CC(C2)CC1C3. The van der Waals surface area contributed by atoms with E-state index >= 15 is 0 Å². The van der Waals surface area contributed by atoms with Crippen molar-refractivity contribution in [1.29, 1.82) is 5.26 Å². The van der Waals surface area contributed by atoms with Crippen molar-refractivity contribution in [2.45, 2.75) is 32.1 Å². The molecule has 0 amide bonds. The minimum absolute atomic E-state index is 0.579. The van der Waals surface area contributed by atoms with Gasteiger partial charge in [0.2, 0.25) is 0 Å². The number of hydrogen-bond acceptors (Lipinski definition) is 2. The van der Waals surface area contributed by atoms with Crippen LogP contribution in [0.15, 0.2) is 11.8 Å². The summed E-state index contributed by atoms with van der Waals surface area (Å²) in [5.74, 6) is 4.20. The van der Waals surface area contributed by atoms with Crippen molar-refractivity contribution >= 4 is 0 Å². The van der Waals surface area contributed by atoms with E-state index in [2.05, 4.69) is 12.3 Å². The number of hydrogen-bond donors (Lipinski definition) is 0. The number of nitriles is 1. The van der Waals surface area contributed by atoms with Gasteiger partial charge in [0.1, 0.15) is 0 Å². The molecule has 0 aromatic heterocycles. The maximum atomic E-state index is 9.41. The summed E-state index contributed by atoms with van der Waals surface area (Å²) in [5, 5.41) is 9.41. The molecule has 4 saturated carbocycles. The second-order valence-corrected chi connectivity index (χ2v) is 6.62. The summed E-state index contributed by atoms with van der Waals surface area (Å²) in [6.07, 6.45) is 9.12. The van der Waals surface area contributed by atoms with Crippen LogP contribution in [-0.4, -0.2) is 19.0 Å². The van der Waals surface area contributed by atoms with Gasteiger partial charge in [-0.05, 0) is 55.8 Å². The van der Waals surface area contributed by atoms with Crippen molar-refractivity contribution in [3.8, 4) is 6.07 Å². The minimum Gasteiger partial charge on any atom is -0.383 e. The Balaban J connectivity index is 1.86. The van der Waals surface area contributed by atoms with Crippen LogP contribution in [0.25, 0.3) is 0 Å². The van der Waals surface area contributed by atoms with Crippen LogP contribution in [0.4, 0.5) is 0 Å². The topological polar surface area (TPSA) is 27.0 Å². The van der Waals surface area contributed by atoms with Crippen molar-refractivity contribution in [3.63, 3.8) is 0 Å². The summed E-state index contributed by atoms with van der Waals surface area (Å²) >= 11 is 0. The Morgan fingerprint density at radius 2 is 1.59 bits per heavy atom. The molecule has 0 radical (unpaired) electrons. The van der Waals surface area contributed by atoms with Crippen LogP contribution >= 0.6 is 0 Å². The lowest BCUT2D eigenvalue weighted by molar-refractivity contribution is -0.0195. The second-order valence-electron chi connectivity index (χ2n) is 6.62. The third-order valence-corrected chi connectivity index (χ3v) is 5.11. The maximum absolute atomic E-state index is 9.41. The van der Waals surface area contributed by atoms with Crippen molar-refractivity contribution < 1.29 is 0 Å². The zero-order valence-corrected chi connectivity index (χ0v) is 10.9. The number of allylic oxidation sites excluding steroid dienone is 1. The average molecular weight is 230 g/mol. The largest absolute Gasteiger partial charge is 0.383 e. The minimum atomic E-state index is 0.579. The fourth-order valence-electron chi connectivity index (χ4n) is 4.90. The Kier molecular flexibility index (Phi) is 2.65. The van der Waals surface area contributed by atoms with Crippen LogP contribution in [0.3, 0.4) is 0 Å². The molecule has 0 saturated heterocycles. The predicted octanol–water partition coefficient (Wildman–Crippen LogP) is 3.03. The normalized spacial score (nSPS) is 43.6. The Bertz CT molecular complexity index is 347. The van der Waals surface area contributed by atoms with Crippen LogP contribution in [0.2, 0.25) is 0 Å².